The van der Waals surface area contributed by atoms with E-state index < -0.39 is 18.0 Å². The minimum Gasteiger partial charge on any atom is -0.464 e. The summed E-state index contributed by atoms with van der Waals surface area (Å²) in [6, 6.07) is 30.3. The summed E-state index contributed by atoms with van der Waals surface area (Å²) >= 11 is 11.6. The largest absolute Gasteiger partial charge is 0.464 e. The predicted molar refractivity (Wildman–Crippen MR) is 114 cm³/mol. The van der Waals surface area contributed by atoms with Crippen molar-refractivity contribution in [2.75, 3.05) is 12.8 Å². The van der Waals surface area contributed by atoms with Gasteiger partial charge in [0.05, 0.1) is 18.2 Å². The highest BCUT2D eigenvalue weighted by atomic mass is 35.9. The fourth-order valence-corrected chi connectivity index (χ4v) is 4.12. The fraction of sp³-hybridized carbons (Fsp3) is 0.136. The highest BCUT2D eigenvalue weighted by Gasteiger charge is 2.37. The van der Waals surface area contributed by atoms with Crippen LogP contribution < -0.4 is 0 Å². The van der Waals surface area contributed by atoms with E-state index in [-0.39, 0.29) is 12.8 Å². The summed E-state index contributed by atoms with van der Waals surface area (Å²) in [6.07, 6.45) is 0.0207. The Morgan fingerprint density at radius 1 is 0.741 bits per heavy atom. The molecule has 3 rings (SSSR count). The van der Waals surface area contributed by atoms with Crippen molar-refractivity contribution in [2.45, 2.75) is 5.41 Å². The Morgan fingerprint density at radius 3 is 1.44 bits per heavy atom. The van der Waals surface area contributed by atoms with Crippen molar-refractivity contribution in [3.05, 3.63) is 108 Å². The fourth-order valence-electron chi connectivity index (χ4n) is 3.25. The Morgan fingerprint density at radius 2 is 1.11 bits per heavy atom. The van der Waals surface area contributed by atoms with Crippen LogP contribution in [0.25, 0.3) is 0 Å². The van der Waals surface area contributed by atoms with E-state index in [0.29, 0.717) is 0 Å². The maximum Gasteiger partial charge on any atom is 0.312 e. The van der Waals surface area contributed by atoms with E-state index in [1.807, 2.05) is 54.6 Å². The summed E-state index contributed by atoms with van der Waals surface area (Å²) < 4.78 is 5.69. The number of rotatable bonds is 7. The molecule has 0 aliphatic rings. The highest BCUT2D eigenvalue weighted by Crippen LogP contribution is 2.46. The third kappa shape index (κ3) is 4.71. The molecule has 0 unspecified atom stereocenters. The molecule has 0 heterocycles. The van der Waals surface area contributed by atoms with Gasteiger partial charge in [-0.1, -0.05) is 113 Å². The van der Waals surface area contributed by atoms with Gasteiger partial charge in [-0.3, -0.25) is 4.79 Å². The summed E-state index contributed by atoms with van der Waals surface area (Å²) in [7, 11) is 0. The number of hydrogen-bond acceptors (Lipinski definition) is 2. The van der Waals surface area contributed by atoms with E-state index in [2.05, 4.69) is 36.4 Å². The third-order valence-electron chi connectivity index (χ3n) is 4.50. The maximum absolute atomic E-state index is 12.2. The molecule has 0 saturated carbocycles. The first-order valence-electron chi connectivity index (χ1n) is 8.54. The Balaban J connectivity index is 2.12. The van der Waals surface area contributed by atoms with E-state index in [0.717, 1.165) is 16.7 Å². The van der Waals surface area contributed by atoms with Crippen LogP contribution in [-0.4, -0.2) is 18.7 Å². The lowest BCUT2D eigenvalue weighted by atomic mass is 9.70. The van der Waals surface area contributed by atoms with Crippen LogP contribution in [0.3, 0.4) is 0 Å². The summed E-state index contributed by atoms with van der Waals surface area (Å²) in [4.78, 5) is 12.2. The molecule has 27 heavy (non-hydrogen) atoms. The molecule has 0 N–H and O–H groups in total. The Kier molecular flexibility index (Phi) is 6.90. The second kappa shape index (κ2) is 9.37. The van der Waals surface area contributed by atoms with Crippen LogP contribution >= 0.6 is 29.1 Å². The van der Waals surface area contributed by atoms with Gasteiger partial charge in [-0.05, 0) is 16.7 Å². The molecule has 2 nitrogen and oxygen atoms in total. The van der Waals surface area contributed by atoms with Gasteiger partial charge in [0, 0.05) is 0 Å². The van der Waals surface area contributed by atoms with Crippen LogP contribution in [0.5, 0.6) is 0 Å². The molecule has 3 aromatic rings. The molecule has 0 saturated heterocycles. The second-order valence-electron chi connectivity index (χ2n) is 6.13. The van der Waals surface area contributed by atoms with Gasteiger partial charge in [0.1, 0.15) is 6.61 Å². The van der Waals surface area contributed by atoms with E-state index in [4.69, 9.17) is 27.2 Å². The molecule has 3 aromatic carbocycles. The Bertz CT molecular complexity index is 759. The molecule has 0 amide bonds. The van der Waals surface area contributed by atoms with E-state index >= 15 is 0 Å². The van der Waals surface area contributed by atoms with Crippen LogP contribution in [0.4, 0.5) is 0 Å². The Hall–Kier alpha value is -1.86. The molecule has 0 aromatic heterocycles. The summed E-state index contributed by atoms with van der Waals surface area (Å²) in [5, 5.41) is 0. The van der Waals surface area contributed by atoms with Gasteiger partial charge in [-0.15, -0.1) is 0 Å². The molecular weight excluding hydrogens is 398 g/mol. The van der Waals surface area contributed by atoms with Gasteiger partial charge in [0.2, 0.25) is 0 Å². The van der Waals surface area contributed by atoms with E-state index in [1.54, 1.807) is 0 Å². The summed E-state index contributed by atoms with van der Waals surface area (Å²) in [6.45, 7) is -1.21. The zero-order chi connectivity index (χ0) is 19.1. The number of esters is 1. The third-order valence-corrected chi connectivity index (χ3v) is 5.71. The molecule has 0 radical (unpaired) electrons. The zero-order valence-corrected chi connectivity index (χ0v) is 17.0. The van der Waals surface area contributed by atoms with Crippen LogP contribution in [0, 0.1) is 0 Å². The Labute approximate surface area is 170 Å². The lowest BCUT2D eigenvalue weighted by Gasteiger charge is -2.35. The van der Waals surface area contributed by atoms with Crippen LogP contribution in [0.15, 0.2) is 91.0 Å². The van der Waals surface area contributed by atoms with Crippen molar-refractivity contribution in [3.63, 3.8) is 0 Å². The second-order valence-corrected chi connectivity index (χ2v) is 10.0. The molecule has 0 aliphatic heterocycles. The van der Waals surface area contributed by atoms with Crippen molar-refractivity contribution in [1.82, 2.24) is 0 Å². The molecule has 5 heteroatoms. The lowest BCUT2D eigenvalue weighted by Crippen LogP contribution is -2.36. The molecule has 138 valence electrons. The number of halogens is 2. The van der Waals surface area contributed by atoms with Crippen LogP contribution in [0.1, 0.15) is 16.7 Å². The normalized spacial score (nSPS) is 11.4. The molecular formula is C22H19Cl2O2P. The van der Waals surface area contributed by atoms with Gasteiger partial charge in [-0.25, -0.2) is 0 Å². The molecule has 0 spiro atoms. The molecule has 0 bridgehead atoms. The summed E-state index contributed by atoms with van der Waals surface area (Å²) in [5.74, 6) is -0.390. The zero-order valence-electron chi connectivity index (χ0n) is 14.6. The van der Waals surface area contributed by atoms with Crippen molar-refractivity contribution in [1.29, 1.82) is 0 Å². The van der Waals surface area contributed by atoms with Gasteiger partial charge in [-0.2, -0.15) is 0 Å². The minimum absolute atomic E-state index is 0.0207. The van der Waals surface area contributed by atoms with Crippen LogP contribution in [-0.2, 0) is 14.9 Å². The van der Waals surface area contributed by atoms with Gasteiger partial charge < -0.3 is 4.74 Å². The smallest absolute Gasteiger partial charge is 0.312 e. The number of carbonyl (C=O) groups excluding carboxylic acids is 1. The van der Waals surface area contributed by atoms with E-state index in [1.165, 1.54) is 0 Å². The minimum atomic E-state index is -1.38. The number of hydrogen-bond donors (Lipinski definition) is 0. The van der Waals surface area contributed by atoms with Gasteiger partial charge in [0.25, 0.3) is 0 Å². The average Bonchev–Trinajstić information content (AvgIpc) is 2.70. The summed E-state index contributed by atoms with van der Waals surface area (Å²) in [5.41, 5.74) is 2.53. The molecule has 0 aliphatic carbocycles. The predicted octanol–water partition coefficient (Wildman–Crippen LogP) is 6.35. The topological polar surface area (TPSA) is 26.3 Å². The quantitative estimate of drug-likeness (QED) is 0.254. The number of benzene rings is 3. The van der Waals surface area contributed by atoms with Crippen molar-refractivity contribution in [3.8, 4) is 0 Å². The van der Waals surface area contributed by atoms with Crippen molar-refractivity contribution < 1.29 is 9.53 Å². The molecule has 0 atom stereocenters. The highest BCUT2D eigenvalue weighted by molar-refractivity contribution is 8.04. The number of ether oxygens (including phenoxy) is 1. The average molecular weight is 417 g/mol. The van der Waals surface area contributed by atoms with Crippen LogP contribution in [0.2, 0.25) is 0 Å². The van der Waals surface area contributed by atoms with Gasteiger partial charge >= 0.3 is 5.97 Å². The van der Waals surface area contributed by atoms with Gasteiger partial charge in [0.15, 0.2) is 0 Å². The number of carbonyl (C=O) groups is 1. The van der Waals surface area contributed by atoms with Crippen molar-refractivity contribution >= 4 is 35.1 Å². The maximum atomic E-state index is 12.2. The van der Waals surface area contributed by atoms with Crippen molar-refractivity contribution in [2.24, 2.45) is 0 Å². The first-order chi connectivity index (χ1) is 13.1. The SMILES string of the molecule is O=C(CP(Cl)Cl)OCC(c1ccccc1)(c1ccccc1)c1ccccc1. The lowest BCUT2D eigenvalue weighted by molar-refractivity contribution is -0.141. The first-order valence-corrected chi connectivity index (χ1v) is 11.9. The van der Waals surface area contributed by atoms with E-state index in [9.17, 15) is 4.79 Å². The standard InChI is InChI=1S/C22H19Cl2O2P/c23-27(24)16-21(25)26-17-22(18-10-4-1-5-11-18,19-12-6-2-7-13-19)20-14-8-3-9-15-20/h1-15H,16-17H2. The first kappa shape index (κ1) is 19.9. The molecule has 0 fully saturated rings. The monoisotopic (exact) mass is 416 g/mol.